The van der Waals surface area contributed by atoms with Crippen molar-refractivity contribution in [2.24, 2.45) is 7.05 Å². The predicted octanol–water partition coefficient (Wildman–Crippen LogP) is 1.35. The van der Waals surface area contributed by atoms with Crippen molar-refractivity contribution >= 4 is 18.3 Å². The Bertz CT molecular complexity index is 444. The van der Waals surface area contributed by atoms with Gasteiger partial charge in [-0.1, -0.05) is 17.3 Å². The second-order valence-electron chi connectivity index (χ2n) is 3.01. The van der Waals surface area contributed by atoms with E-state index in [1.54, 1.807) is 4.68 Å². The number of rotatable bonds is 1. The van der Waals surface area contributed by atoms with Crippen molar-refractivity contribution in [2.75, 3.05) is 5.73 Å². The number of hydrogen-bond donors (Lipinski definition) is 2. The van der Waals surface area contributed by atoms with Gasteiger partial charge in [-0.25, -0.2) is 4.68 Å². The fourth-order valence-electron chi connectivity index (χ4n) is 1.35. The number of aryl methyl sites for hydroxylation is 1. The molecule has 0 unspecified atom stereocenters. The maximum absolute atomic E-state index is 5.69. The average Bonchev–Trinajstić information content (AvgIpc) is 2.46. The smallest absolute Gasteiger partial charge is 0.143 e. The number of anilines is 1. The van der Waals surface area contributed by atoms with Gasteiger partial charge in [0.15, 0.2) is 0 Å². The number of nitrogens with two attached hydrogens (primary N) is 1. The van der Waals surface area contributed by atoms with Crippen LogP contribution in [0.15, 0.2) is 29.3 Å². The molecule has 0 atom stereocenters. The van der Waals surface area contributed by atoms with E-state index in [1.807, 2.05) is 31.3 Å². The Kier molecular flexibility index (Phi) is 2.17. The van der Waals surface area contributed by atoms with Crippen LogP contribution in [-0.2, 0) is 7.05 Å². The van der Waals surface area contributed by atoms with E-state index in [2.05, 4.69) is 22.9 Å². The van der Waals surface area contributed by atoms with Gasteiger partial charge < -0.3 is 5.73 Å². The van der Waals surface area contributed by atoms with E-state index in [0.717, 1.165) is 16.9 Å². The summed E-state index contributed by atoms with van der Waals surface area (Å²) in [6, 6.07) is 7.56. The summed E-state index contributed by atoms with van der Waals surface area (Å²) in [6.45, 7) is 0. The van der Waals surface area contributed by atoms with Crippen LogP contribution in [0.25, 0.3) is 11.3 Å². The lowest BCUT2D eigenvalue weighted by Gasteiger charge is -2.02. The first-order valence-electron chi connectivity index (χ1n) is 4.13. The molecule has 1 aromatic carbocycles. The molecule has 5 heteroatoms. The fraction of sp³-hybridized carbons (Fsp3) is 0.111. The molecule has 72 valence electrons. The highest BCUT2D eigenvalue weighted by atomic mass is 32.1. The molecular weight excluding hydrogens is 196 g/mol. The summed E-state index contributed by atoms with van der Waals surface area (Å²) in [5, 5.41) is 8.34. The van der Waals surface area contributed by atoms with Gasteiger partial charge >= 0.3 is 0 Å². The molecule has 0 aliphatic carbocycles. The maximum atomic E-state index is 5.69. The van der Waals surface area contributed by atoms with E-state index in [4.69, 9.17) is 5.73 Å². The van der Waals surface area contributed by atoms with Gasteiger partial charge in [0.2, 0.25) is 0 Å². The van der Waals surface area contributed by atoms with Crippen molar-refractivity contribution in [3.63, 3.8) is 0 Å². The monoisotopic (exact) mass is 206 g/mol. The van der Waals surface area contributed by atoms with Crippen molar-refractivity contribution in [3.05, 3.63) is 24.3 Å². The molecule has 0 amide bonds. The normalized spacial score (nSPS) is 10.4. The lowest BCUT2D eigenvalue weighted by atomic mass is 10.1. The highest BCUT2D eigenvalue weighted by Gasteiger charge is 2.09. The van der Waals surface area contributed by atoms with Crippen LogP contribution < -0.4 is 5.73 Å². The van der Waals surface area contributed by atoms with Crippen molar-refractivity contribution in [1.82, 2.24) is 15.0 Å². The molecule has 14 heavy (non-hydrogen) atoms. The first-order chi connectivity index (χ1) is 6.68. The molecule has 0 fully saturated rings. The van der Waals surface area contributed by atoms with Gasteiger partial charge in [0.25, 0.3) is 0 Å². The largest absolute Gasteiger partial charge is 0.399 e. The third-order valence-electron chi connectivity index (χ3n) is 1.97. The molecule has 4 nitrogen and oxygen atoms in total. The van der Waals surface area contributed by atoms with Gasteiger partial charge in [0, 0.05) is 18.3 Å². The molecule has 2 rings (SSSR count). The Balaban J connectivity index is 2.59. The minimum absolute atomic E-state index is 0.609. The van der Waals surface area contributed by atoms with Crippen LogP contribution in [0.5, 0.6) is 0 Å². The van der Waals surface area contributed by atoms with Gasteiger partial charge in [-0.2, -0.15) is 0 Å². The first-order valence-corrected chi connectivity index (χ1v) is 4.58. The van der Waals surface area contributed by atoms with Crippen LogP contribution in [0.2, 0.25) is 0 Å². The SMILES string of the molecule is Cn1nnc(S)c1-c1cccc(N)c1. The molecule has 0 aliphatic heterocycles. The van der Waals surface area contributed by atoms with E-state index in [9.17, 15) is 0 Å². The third-order valence-corrected chi connectivity index (χ3v) is 2.27. The number of aromatic nitrogens is 3. The van der Waals surface area contributed by atoms with Crippen LogP contribution in [-0.4, -0.2) is 15.0 Å². The Morgan fingerprint density at radius 1 is 1.43 bits per heavy atom. The molecule has 0 saturated heterocycles. The number of benzene rings is 1. The minimum Gasteiger partial charge on any atom is -0.399 e. The van der Waals surface area contributed by atoms with Gasteiger partial charge in [-0.05, 0) is 12.1 Å². The molecular formula is C9H10N4S. The van der Waals surface area contributed by atoms with Gasteiger partial charge in [0.1, 0.15) is 10.7 Å². The van der Waals surface area contributed by atoms with Crippen molar-refractivity contribution in [2.45, 2.75) is 5.03 Å². The molecule has 2 N–H and O–H groups in total. The third kappa shape index (κ3) is 1.46. The number of nitrogen functional groups attached to an aromatic ring is 1. The summed E-state index contributed by atoms with van der Waals surface area (Å²) >= 11 is 4.23. The number of hydrogen-bond acceptors (Lipinski definition) is 4. The number of nitrogens with zero attached hydrogens (tertiary/aromatic N) is 3. The standard InChI is InChI=1S/C9H10N4S/c1-13-8(9(14)11-12-13)6-3-2-4-7(10)5-6/h2-5,14H,10H2,1H3. The molecule has 0 bridgehead atoms. The van der Waals surface area contributed by atoms with E-state index in [1.165, 1.54) is 0 Å². The summed E-state index contributed by atoms with van der Waals surface area (Å²) in [6.07, 6.45) is 0. The summed E-state index contributed by atoms with van der Waals surface area (Å²) in [5.74, 6) is 0. The van der Waals surface area contributed by atoms with Crippen molar-refractivity contribution in [1.29, 1.82) is 0 Å². The molecule has 2 aromatic rings. The lowest BCUT2D eigenvalue weighted by molar-refractivity contribution is 0.718. The predicted molar refractivity (Wildman–Crippen MR) is 58.1 cm³/mol. The van der Waals surface area contributed by atoms with Gasteiger partial charge in [-0.15, -0.1) is 17.7 Å². The minimum atomic E-state index is 0.609. The highest BCUT2D eigenvalue weighted by molar-refractivity contribution is 7.80. The first kappa shape index (κ1) is 9.08. The quantitative estimate of drug-likeness (QED) is 0.547. The Morgan fingerprint density at radius 3 is 2.79 bits per heavy atom. The van der Waals surface area contributed by atoms with Gasteiger partial charge in [0.05, 0.1) is 0 Å². The zero-order valence-corrected chi connectivity index (χ0v) is 8.57. The second kappa shape index (κ2) is 3.34. The summed E-state index contributed by atoms with van der Waals surface area (Å²) in [5.41, 5.74) is 8.26. The molecule has 0 spiro atoms. The summed E-state index contributed by atoms with van der Waals surface area (Å²) < 4.78 is 1.68. The summed E-state index contributed by atoms with van der Waals surface area (Å²) in [4.78, 5) is 0. The average molecular weight is 206 g/mol. The molecule has 1 aromatic heterocycles. The van der Waals surface area contributed by atoms with E-state index < -0.39 is 0 Å². The lowest BCUT2D eigenvalue weighted by Crippen LogP contribution is -1.94. The van der Waals surface area contributed by atoms with E-state index in [0.29, 0.717) is 5.03 Å². The van der Waals surface area contributed by atoms with Crippen LogP contribution in [0.1, 0.15) is 0 Å². The Hall–Kier alpha value is -1.49. The van der Waals surface area contributed by atoms with Crippen LogP contribution in [0.4, 0.5) is 5.69 Å². The molecule has 1 heterocycles. The zero-order valence-electron chi connectivity index (χ0n) is 7.68. The van der Waals surface area contributed by atoms with E-state index >= 15 is 0 Å². The molecule has 0 saturated carbocycles. The molecule has 0 aliphatic rings. The zero-order chi connectivity index (χ0) is 10.1. The second-order valence-corrected chi connectivity index (χ2v) is 3.43. The van der Waals surface area contributed by atoms with Crippen molar-refractivity contribution < 1.29 is 0 Å². The Labute approximate surface area is 87.1 Å². The topological polar surface area (TPSA) is 56.7 Å². The van der Waals surface area contributed by atoms with E-state index in [-0.39, 0.29) is 0 Å². The van der Waals surface area contributed by atoms with Crippen molar-refractivity contribution in [3.8, 4) is 11.3 Å². The fourth-order valence-corrected chi connectivity index (χ4v) is 1.66. The van der Waals surface area contributed by atoms with Gasteiger partial charge in [-0.3, -0.25) is 0 Å². The molecule has 0 radical (unpaired) electrons. The summed E-state index contributed by atoms with van der Waals surface area (Å²) in [7, 11) is 1.82. The highest BCUT2D eigenvalue weighted by Crippen LogP contribution is 2.25. The maximum Gasteiger partial charge on any atom is 0.143 e. The van der Waals surface area contributed by atoms with Crippen LogP contribution >= 0.6 is 12.6 Å². The van der Waals surface area contributed by atoms with Crippen LogP contribution in [0.3, 0.4) is 0 Å². The Morgan fingerprint density at radius 2 is 2.21 bits per heavy atom. The number of thiol groups is 1. The van der Waals surface area contributed by atoms with Crippen LogP contribution in [0, 0.1) is 0 Å².